The number of aryl methyl sites for hydroxylation is 1. The van der Waals surface area contributed by atoms with Gasteiger partial charge in [0.25, 0.3) is 0 Å². The number of β-amino-alcohol motifs (C(OH)–C–C–N with tert-alkyl or cyclic N) is 1. The topological polar surface area (TPSA) is 49.8 Å². The Bertz CT molecular complexity index is 741. The molecule has 0 spiro atoms. The van der Waals surface area contributed by atoms with E-state index in [0.717, 1.165) is 19.4 Å². The van der Waals surface area contributed by atoms with Crippen molar-refractivity contribution < 1.29 is 14.6 Å². The van der Waals surface area contributed by atoms with Gasteiger partial charge in [-0.15, -0.1) is 0 Å². The van der Waals surface area contributed by atoms with Gasteiger partial charge in [-0.2, -0.15) is 0 Å². The Morgan fingerprint density at radius 1 is 1.23 bits per heavy atom. The summed E-state index contributed by atoms with van der Waals surface area (Å²) in [5.41, 5.74) is 3.33. The van der Waals surface area contributed by atoms with Gasteiger partial charge in [-0.1, -0.05) is 24.3 Å². The first-order chi connectivity index (χ1) is 12.5. The predicted molar refractivity (Wildman–Crippen MR) is 103 cm³/mol. The number of carbonyl (C=O) groups is 1. The molecule has 1 fully saturated rings. The lowest BCUT2D eigenvalue weighted by Gasteiger charge is -2.28. The summed E-state index contributed by atoms with van der Waals surface area (Å²) in [6.07, 6.45) is 1.73. The standard InChI is InChI=1S/C22H27NO3/c1-16-6-3-4-7-21(16)22-8-5-13-23(22)14-19(25)15-26-20-11-9-18(10-12-20)17(2)24/h3-4,6-7,9-12,19,22,25H,5,8,13-15H2,1-2H3. The molecule has 2 aromatic carbocycles. The Balaban J connectivity index is 1.54. The molecule has 1 saturated heterocycles. The van der Waals surface area contributed by atoms with Crippen LogP contribution >= 0.6 is 0 Å². The first-order valence-electron chi connectivity index (χ1n) is 9.26. The molecule has 1 aliphatic rings. The van der Waals surface area contributed by atoms with Crippen molar-refractivity contribution in [1.82, 2.24) is 4.90 Å². The molecule has 2 unspecified atom stereocenters. The van der Waals surface area contributed by atoms with E-state index in [1.165, 1.54) is 11.1 Å². The maximum Gasteiger partial charge on any atom is 0.159 e. The fraction of sp³-hybridized carbons (Fsp3) is 0.409. The van der Waals surface area contributed by atoms with E-state index in [1.54, 1.807) is 31.2 Å². The third kappa shape index (κ3) is 4.51. The molecule has 138 valence electrons. The molecule has 0 saturated carbocycles. The molecule has 2 atom stereocenters. The highest BCUT2D eigenvalue weighted by Gasteiger charge is 2.28. The fourth-order valence-corrected chi connectivity index (χ4v) is 3.66. The van der Waals surface area contributed by atoms with Gasteiger partial charge in [0, 0.05) is 18.2 Å². The maximum atomic E-state index is 11.3. The number of carbonyl (C=O) groups excluding carboxylic acids is 1. The normalized spacial score (nSPS) is 18.7. The van der Waals surface area contributed by atoms with Crippen molar-refractivity contribution in [3.05, 3.63) is 65.2 Å². The zero-order valence-electron chi connectivity index (χ0n) is 15.5. The molecule has 0 bridgehead atoms. The Hall–Kier alpha value is -2.17. The van der Waals surface area contributed by atoms with Crippen molar-refractivity contribution in [1.29, 1.82) is 0 Å². The first kappa shape index (κ1) is 18.6. The molecule has 1 aliphatic heterocycles. The first-order valence-corrected chi connectivity index (χ1v) is 9.26. The van der Waals surface area contributed by atoms with Crippen LogP contribution in [-0.4, -0.2) is 41.6 Å². The van der Waals surface area contributed by atoms with Gasteiger partial charge < -0.3 is 9.84 Å². The van der Waals surface area contributed by atoms with E-state index < -0.39 is 6.10 Å². The second-order valence-electron chi connectivity index (χ2n) is 7.05. The molecule has 1 heterocycles. The number of likely N-dealkylation sites (tertiary alicyclic amines) is 1. The van der Waals surface area contributed by atoms with Crippen molar-refractivity contribution >= 4 is 5.78 Å². The highest BCUT2D eigenvalue weighted by molar-refractivity contribution is 5.94. The number of nitrogens with zero attached hydrogens (tertiary/aromatic N) is 1. The molecule has 0 amide bonds. The van der Waals surface area contributed by atoms with E-state index in [2.05, 4.69) is 36.1 Å². The quantitative estimate of drug-likeness (QED) is 0.770. The summed E-state index contributed by atoms with van der Waals surface area (Å²) in [6.45, 7) is 5.54. The van der Waals surface area contributed by atoms with Crippen LogP contribution in [0.5, 0.6) is 5.75 Å². The summed E-state index contributed by atoms with van der Waals surface area (Å²) in [7, 11) is 0. The maximum absolute atomic E-state index is 11.3. The van der Waals surface area contributed by atoms with Crippen LogP contribution in [0.15, 0.2) is 48.5 Å². The summed E-state index contributed by atoms with van der Waals surface area (Å²) in [6, 6.07) is 15.9. The number of aliphatic hydroxyl groups excluding tert-OH is 1. The van der Waals surface area contributed by atoms with E-state index in [-0.39, 0.29) is 12.4 Å². The number of aliphatic hydroxyl groups is 1. The van der Waals surface area contributed by atoms with E-state index >= 15 is 0 Å². The van der Waals surface area contributed by atoms with Gasteiger partial charge in [0.2, 0.25) is 0 Å². The van der Waals surface area contributed by atoms with Crippen LogP contribution < -0.4 is 4.74 Å². The number of benzene rings is 2. The second kappa shape index (κ2) is 8.47. The average Bonchev–Trinajstić information content (AvgIpc) is 3.08. The zero-order valence-corrected chi connectivity index (χ0v) is 15.5. The SMILES string of the molecule is CC(=O)c1ccc(OCC(O)CN2CCCC2c2ccccc2C)cc1. The van der Waals surface area contributed by atoms with Gasteiger partial charge in [-0.3, -0.25) is 9.69 Å². The van der Waals surface area contributed by atoms with Gasteiger partial charge >= 0.3 is 0 Å². The third-order valence-corrected chi connectivity index (χ3v) is 5.06. The molecular weight excluding hydrogens is 326 g/mol. The number of Topliss-reactive ketones (excluding diaryl/α,β-unsaturated/α-hetero) is 1. The molecule has 0 aliphatic carbocycles. The fourth-order valence-electron chi connectivity index (χ4n) is 3.66. The molecule has 4 nitrogen and oxygen atoms in total. The van der Waals surface area contributed by atoms with Gasteiger partial charge in [-0.05, 0) is 68.6 Å². The van der Waals surface area contributed by atoms with Crippen LogP contribution in [0.1, 0.15) is 47.3 Å². The lowest BCUT2D eigenvalue weighted by Crippen LogP contribution is -2.35. The number of hydrogen-bond donors (Lipinski definition) is 1. The highest BCUT2D eigenvalue weighted by atomic mass is 16.5. The van der Waals surface area contributed by atoms with Crippen molar-refractivity contribution in [3.8, 4) is 5.75 Å². The van der Waals surface area contributed by atoms with Gasteiger partial charge in [-0.25, -0.2) is 0 Å². The zero-order chi connectivity index (χ0) is 18.5. The number of rotatable bonds is 7. The lowest BCUT2D eigenvalue weighted by atomic mass is 9.99. The molecule has 3 rings (SSSR count). The van der Waals surface area contributed by atoms with Crippen LogP contribution in [0.3, 0.4) is 0 Å². The Kier molecular flexibility index (Phi) is 6.07. The predicted octanol–water partition coefficient (Wildman–Crippen LogP) is 3.77. The minimum Gasteiger partial charge on any atom is -0.491 e. The Morgan fingerprint density at radius 3 is 2.65 bits per heavy atom. The van der Waals surface area contributed by atoms with E-state index in [9.17, 15) is 9.90 Å². The summed E-state index contributed by atoms with van der Waals surface area (Å²) in [5.74, 6) is 0.707. The van der Waals surface area contributed by atoms with Crippen molar-refractivity contribution in [2.45, 2.75) is 38.8 Å². The average molecular weight is 353 g/mol. The number of hydrogen-bond acceptors (Lipinski definition) is 4. The Labute approximate surface area is 155 Å². The molecule has 0 aromatic heterocycles. The Morgan fingerprint density at radius 2 is 1.96 bits per heavy atom. The highest BCUT2D eigenvalue weighted by Crippen LogP contribution is 2.33. The van der Waals surface area contributed by atoms with Crippen molar-refractivity contribution in [3.63, 3.8) is 0 Å². The molecule has 0 radical (unpaired) electrons. The van der Waals surface area contributed by atoms with Gasteiger partial charge in [0.1, 0.15) is 18.5 Å². The van der Waals surface area contributed by atoms with E-state index in [1.807, 2.05) is 0 Å². The van der Waals surface area contributed by atoms with Crippen LogP contribution in [-0.2, 0) is 0 Å². The minimum absolute atomic E-state index is 0.0351. The molecule has 26 heavy (non-hydrogen) atoms. The van der Waals surface area contributed by atoms with E-state index in [4.69, 9.17) is 4.74 Å². The summed E-state index contributed by atoms with van der Waals surface area (Å²) >= 11 is 0. The monoisotopic (exact) mass is 353 g/mol. The summed E-state index contributed by atoms with van der Waals surface area (Å²) in [4.78, 5) is 13.7. The number of ether oxygens (including phenoxy) is 1. The van der Waals surface area contributed by atoms with Crippen LogP contribution in [0, 0.1) is 6.92 Å². The number of ketones is 1. The minimum atomic E-state index is -0.549. The molecule has 4 heteroatoms. The van der Waals surface area contributed by atoms with E-state index in [0.29, 0.717) is 23.9 Å². The van der Waals surface area contributed by atoms with Crippen molar-refractivity contribution in [2.75, 3.05) is 19.7 Å². The molecule has 1 N–H and O–H groups in total. The largest absolute Gasteiger partial charge is 0.491 e. The van der Waals surface area contributed by atoms with Crippen LogP contribution in [0.2, 0.25) is 0 Å². The van der Waals surface area contributed by atoms with Crippen LogP contribution in [0.25, 0.3) is 0 Å². The molecular formula is C22H27NO3. The molecule has 2 aromatic rings. The summed E-state index contributed by atoms with van der Waals surface area (Å²) in [5, 5.41) is 10.4. The van der Waals surface area contributed by atoms with Crippen molar-refractivity contribution in [2.24, 2.45) is 0 Å². The van der Waals surface area contributed by atoms with Gasteiger partial charge in [0.05, 0.1) is 0 Å². The summed E-state index contributed by atoms with van der Waals surface area (Å²) < 4.78 is 5.69. The lowest BCUT2D eigenvalue weighted by molar-refractivity contribution is 0.0637. The smallest absolute Gasteiger partial charge is 0.159 e. The van der Waals surface area contributed by atoms with Gasteiger partial charge in [0.15, 0.2) is 5.78 Å². The van der Waals surface area contributed by atoms with Crippen LogP contribution in [0.4, 0.5) is 0 Å². The third-order valence-electron chi connectivity index (χ3n) is 5.06. The second-order valence-corrected chi connectivity index (χ2v) is 7.05.